The molecule has 0 aliphatic heterocycles. The summed E-state index contributed by atoms with van der Waals surface area (Å²) in [6.07, 6.45) is 5.42. The molecule has 0 fully saturated rings. The molecule has 4 aromatic rings. The molecule has 1 aliphatic rings. The van der Waals surface area contributed by atoms with Crippen molar-refractivity contribution >= 4 is 17.2 Å². The smallest absolute Gasteiger partial charge is 0.221 e. The Bertz CT molecular complexity index is 1330. The second-order valence-electron chi connectivity index (χ2n) is 7.75. The van der Waals surface area contributed by atoms with Crippen molar-refractivity contribution < 1.29 is 18.3 Å². The van der Waals surface area contributed by atoms with Crippen LogP contribution in [0.1, 0.15) is 33.6 Å². The summed E-state index contributed by atoms with van der Waals surface area (Å²) in [6, 6.07) is 11.2. The lowest BCUT2D eigenvalue weighted by atomic mass is 10.00. The monoisotopic (exact) mass is 418 g/mol. The number of hydrogen-bond acceptors (Lipinski definition) is 3. The number of benzene rings is 2. The lowest BCUT2D eigenvalue weighted by Gasteiger charge is -2.11. The highest BCUT2D eigenvalue weighted by atomic mass is 19.1. The number of halogens is 2. The Labute approximate surface area is 178 Å². The van der Waals surface area contributed by atoms with Crippen LogP contribution in [0.5, 0.6) is 5.88 Å². The van der Waals surface area contributed by atoms with Gasteiger partial charge >= 0.3 is 0 Å². The molecular formula is C25H20F2N2O2. The molecule has 5 rings (SSSR count). The lowest BCUT2D eigenvalue weighted by Crippen LogP contribution is -2.07. The molecule has 0 bridgehead atoms. The molecule has 0 atom stereocenters. The number of aryl methyl sites for hydroxylation is 2. The van der Waals surface area contributed by atoms with Gasteiger partial charge in [-0.25, -0.2) is 13.8 Å². The van der Waals surface area contributed by atoms with Crippen LogP contribution in [0.2, 0.25) is 0 Å². The number of aldehydes is 1. The summed E-state index contributed by atoms with van der Waals surface area (Å²) in [7, 11) is 1.53. The average molecular weight is 418 g/mol. The summed E-state index contributed by atoms with van der Waals surface area (Å²) in [5, 5.41) is 0.880. The third-order valence-corrected chi connectivity index (χ3v) is 6.00. The Morgan fingerprint density at radius 3 is 2.71 bits per heavy atom. The SMILES string of the molecule is COc1ncccc1-c1c(C=O)n(Cc2cc(F)ccc2F)c2cc3c(cc12)CCC3. The molecule has 4 nitrogen and oxygen atoms in total. The molecule has 2 aromatic heterocycles. The first-order valence-corrected chi connectivity index (χ1v) is 10.2. The van der Waals surface area contributed by atoms with E-state index in [1.54, 1.807) is 16.8 Å². The van der Waals surface area contributed by atoms with Crippen LogP contribution < -0.4 is 4.74 Å². The van der Waals surface area contributed by atoms with Gasteiger partial charge in [-0.2, -0.15) is 0 Å². The summed E-state index contributed by atoms with van der Waals surface area (Å²) in [4.78, 5) is 16.6. The summed E-state index contributed by atoms with van der Waals surface area (Å²) < 4.78 is 35.5. The molecule has 0 N–H and O–H groups in total. The maximum Gasteiger partial charge on any atom is 0.221 e. The molecule has 6 heteroatoms. The Kier molecular flexibility index (Phi) is 4.77. The molecule has 0 unspecified atom stereocenters. The molecule has 1 aliphatic carbocycles. The number of methoxy groups -OCH3 is 1. The Hall–Kier alpha value is -3.54. The van der Waals surface area contributed by atoms with Gasteiger partial charge in [0.2, 0.25) is 5.88 Å². The lowest BCUT2D eigenvalue weighted by molar-refractivity contribution is 0.111. The van der Waals surface area contributed by atoms with Gasteiger partial charge in [0.05, 0.1) is 19.3 Å². The molecule has 0 saturated carbocycles. The van der Waals surface area contributed by atoms with Crippen LogP contribution in [0.15, 0.2) is 48.7 Å². The second kappa shape index (κ2) is 7.61. The van der Waals surface area contributed by atoms with Crippen molar-refractivity contribution in [1.82, 2.24) is 9.55 Å². The quantitative estimate of drug-likeness (QED) is 0.411. The summed E-state index contributed by atoms with van der Waals surface area (Å²) in [6.45, 7) is 0.0372. The molecular weight excluding hydrogens is 398 g/mol. The van der Waals surface area contributed by atoms with E-state index in [-0.39, 0.29) is 12.1 Å². The normalized spacial score (nSPS) is 12.9. The first-order valence-electron chi connectivity index (χ1n) is 10.2. The van der Waals surface area contributed by atoms with E-state index in [0.717, 1.165) is 48.6 Å². The van der Waals surface area contributed by atoms with Gasteiger partial charge in [-0.3, -0.25) is 4.79 Å². The predicted octanol–water partition coefficient (Wildman–Crippen LogP) is 5.34. The number of ether oxygens (including phenoxy) is 1. The fourth-order valence-corrected chi connectivity index (χ4v) is 4.59. The van der Waals surface area contributed by atoms with E-state index < -0.39 is 11.6 Å². The van der Waals surface area contributed by atoms with Crippen molar-refractivity contribution in [1.29, 1.82) is 0 Å². The van der Waals surface area contributed by atoms with E-state index in [4.69, 9.17) is 4.74 Å². The maximum absolute atomic E-state index is 14.5. The van der Waals surface area contributed by atoms with Gasteiger partial charge in [-0.1, -0.05) is 0 Å². The number of fused-ring (bicyclic) bond motifs is 2. The van der Waals surface area contributed by atoms with Crippen LogP contribution in [0.4, 0.5) is 8.78 Å². The number of carbonyl (C=O) groups is 1. The van der Waals surface area contributed by atoms with E-state index in [2.05, 4.69) is 17.1 Å². The molecule has 0 amide bonds. The molecule has 2 aromatic carbocycles. The molecule has 2 heterocycles. The van der Waals surface area contributed by atoms with Gasteiger partial charge in [0.25, 0.3) is 0 Å². The zero-order valence-electron chi connectivity index (χ0n) is 17.0. The number of pyridine rings is 1. The van der Waals surface area contributed by atoms with Crippen LogP contribution in [-0.2, 0) is 19.4 Å². The zero-order valence-corrected chi connectivity index (χ0v) is 17.0. The minimum absolute atomic E-state index is 0.0372. The molecule has 0 radical (unpaired) electrons. The minimum atomic E-state index is -0.518. The standard InChI is InChI=1S/C25H20F2N2O2/c1-31-25-19(6-3-9-28-25)24-20-11-15-4-2-5-16(15)12-22(20)29(23(24)14-30)13-17-10-18(26)7-8-21(17)27/h3,6-12,14H,2,4-5,13H2,1H3. The Morgan fingerprint density at radius 1 is 1.13 bits per heavy atom. The van der Waals surface area contributed by atoms with Gasteiger partial charge in [-0.15, -0.1) is 0 Å². The average Bonchev–Trinajstić information content (AvgIpc) is 3.36. The molecule has 156 valence electrons. The van der Waals surface area contributed by atoms with Gasteiger partial charge in [0.1, 0.15) is 11.6 Å². The summed E-state index contributed by atoms with van der Waals surface area (Å²) in [5.41, 5.74) is 5.25. The zero-order chi connectivity index (χ0) is 21.5. The van der Waals surface area contributed by atoms with Crippen molar-refractivity contribution in [3.8, 4) is 17.0 Å². The highest BCUT2D eigenvalue weighted by Crippen LogP contribution is 2.41. The van der Waals surface area contributed by atoms with E-state index in [1.807, 2.05) is 6.07 Å². The fourth-order valence-electron chi connectivity index (χ4n) is 4.59. The number of nitrogens with zero attached hydrogens (tertiary/aromatic N) is 2. The van der Waals surface area contributed by atoms with E-state index in [0.29, 0.717) is 22.7 Å². The highest BCUT2D eigenvalue weighted by Gasteiger charge is 2.24. The fraction of sp³-hybridized carbons (Fsp3) is 0.200. The maximum atomic E-state index is 14.5. The third-order valence-electron chi connectivity index (χ3n) is 6.00. The van der Waals surface area contributed by atoms with Crippen molar-refractivity contribution in [2.24, 2.45) is 0 Å². The Morgan fingerprint density at radius 2 is 1.94 bits per heavy atom. The molecule has 0 spiro atoms. The van der Waals surface area contributed by atoms with Crippen LogP contribution in [-0.4, -0.2) is 22.9 Å². The summed E-state index contributed by atoms with van der Waals surface area (Å²) >= 11 is 0. The summed E-state index contributed by atoms with van der Waals surface area (Å²) in [5.74, 6) is -0.626. The van der Waals surface area contributed by atoms with Crippen molar-refractivity contribution in [2.45, 2.75) is 25.8 Å². The van der Waals surface area contributed by atoms with Gasteiger partial charge in [-0.05, 0) is 72.9 Å². The number of rotatable bonds is 5. The van der Waals surface area contributed by atoms with Crippen molar-refractivity contribution in [3.63, 3.8) is 0 Å². The predicted molar refractivity (Wildman–Crippen MR) is 115 cm³/mol. The first kappa shape index (κ1) is 19.4. The van der Waals surface area contributed by atoms with Crippen LogP contribution in [0, 0.1) is 11.6 Å². The van der Waals surface area contributed by atoms with Gasteiger partial charge < -0.3 is 9.30 Å². The minimum Gasteiger partial charge on any atom is -0.481 e. The number of hydrogen-bond donors (Lipinski definition) is 0. The van der Waals surface area contributed by atoms with Crippen LogP contribution in [0.3, 0.4) is 0 Å². The van der Waals surface area contributed by atoms with Crippen LogP contribution >= 0.6 is 0 Å². The van der Waals surface area contributed by atoms with Gasteiger partial charge in [0, 0.05) is 33.8 Å². The third kappa shape index (κ3) is 3.19. The Balaban J connectivity index is 1.83. The van der Waals surface area contributed by atoms with Crippen molar-refractivity contribution in [3.05, 3.63) is 82.7 Å². The largest absolute Gasteiger partial charge is 0.481 e. The highest BCUT2D eigenvalue weighted by molar-refractivity contribution is 6.06. The van der Waals surface area contributed by atoms with E-state index in [1.165, 1.54) is 24.3 Å². The van der Waals surface area contributed by atoms with E-state index >= 15 is 0 Å². The molecule has 0 saturated heterocycles. The van der Waals surface area contributed by atoms with Crippen molar-refractivity contribution in [2.75, 3.05) is 7.11 Å². The topological polar surface area (TPSA) is 44.1 Å². The van der Waals surface area contributed by atoms with Gasteiger partial charge in [0.15, 0.2) is 6.29 Å². The van der Waals surface area contributed by atoms with Crippen LogP contribution in [0.25, 0.3) is 22.0 Å². The molecule has 31 heavy (non-hydrogen) atoms. The second-order valence-corrected chi connectivity index (χ2v) is 7.75. The van der Waals surface area contributed by atoms with E-state index in [9.17, 15) is 13.6 Å². The first-order chi connectivity index (χ1) is 15.1. The number of aromatic nitrogens is 2. The number of carbonyl (C=O) groups excluding carboxylic acids is 1.